The van der Waals surface area contributed by atoms with E-state index in [0.717, 1.165) is 0 Å². The first-order valence-corrected chi connectivity index (χ1v) is 10.8. The number of halogens is 1. The molecule has 2 saturated heterocycles. The molecule has 2 fully saturated rings. The maximum atomic E-state index is 16.0. The van der Waals surface area contributed by atoms with Crippen LogP contribution in [-0.2, 0) is 20.7 Å². The SMILES string of the molecule is Cc1noc(C)c1-c1noc2c(F)c3c(cc12)CC1(C(=O)NC(=O)NC1=O)[C@H]1[C@H](C)OCCN31. The molecule has 2 aromatic heterocycles. The summed E-state index contributed by atoms with van der Waals surface area (Å²) in [6, 6.07) is -0.0388. The molecule has 176 valence electrons. The van der Waals surface area contributed by atoms with E-state index in [1.807, 2.05) is 0 Å². The fourth-order valence-electron chi connectivity index (χ4n) is 5.66. The molecular formula is C22H20FN5O6. The summed E-state index contributed by atoms with van der Waals surface area (Å²) in [6.45, 7) is 5.69. The molecule has 5 heterocycles. The first-order valence-electron chi connectivity index (χ1n) is 10.8. The minimum atomic E-state index is -1.69. The van der Waals surface area contributed by atoms with Crippen molar-refractivity contribution in [2.24, 2.45) is 5.41 Å². The number of imide groups is 2. The molecule has 2 atom stereocenters. The lowest BCUT2D eigenvalue weighted by Gasteiger charge is -2.54. The Bertz CT molecular complexity index is 1370. The van der Waals surface area contributed by atoms with E-state index in [0.29, 0.717) is 33.7 Å². The summed E-state index contributed by atoms with van der Waals surface area (Å²) in [5, 5.41) is 12.8. The summed E-state index contributed by atoms with van der Waals surface area (Å²) in [5.74, 6) is -1.62. The summed E-state index contributed by atoms with van der Waals surface area (Å²) in [6.07, 6.45) is -0.726. The number of aromatic nitrogens is 2. The van der Waals surface area contributed by atoms with Gasteiger partial charge < -0.3 is 18.7 Å². The molecule has 12 heteroatoms. The van der Waals surface area contributed by atoms with Gasteiger partial charge in [-0.2, -0.15) is 0 Å². The van der Waals surface area contributed by atoms with E-state index in [2.05, 4.69) is 20.9 Å². The van der Waals surface area contributed by atoms with Crippen LogP contribution < -0.4 is 15.5 Å². The van der Waals surface area contributed by atoms with E-state index in [4.69, 9.17) is 13.8 Å². The first-order chi connectivity index (χ1) is 16.2. The second kappa shape index (κ2) is 6.86. The molecule has 11 nitrogen and oxygen atoms in total. The van der Waals surface area contributed by atoms with Crippen molar-refractivity contribution in [1.82, 2.24) is 20.9 Å². The zero-order chi connectivity index (χ0) is 23.9. The lowest BCUT2D eigenvalue weighted by atomic mass is 9.66. The number of nitrogens with zero attached hydrogens (tertiary/aromatic N) is 3. The topological polar surface area (TPSA) is 140 Å². The van der Waals surface area contributed by atoms with E-state index in [-0.39, 0.29) is 30.8 Å². The molecule has 0 unspecified atom stereocenters. The monoisotopic (exact) mass is 469 g/mol. The van der Waals surface area contributed by atoms with Crippen molar-refractivity contribution in [3.8, 4) is 11.3 Å². The average molecular weight is 469 g/mol. The predicted octanol–water partition coefficient (Wildman–Crippen LogP) is 1.74. The third kappa shape index (κ3) is 2.51. The van der Waals surface area contributed by atoms with Crippen molar-refractivity contribution in [2.75, 3.05) is 18.1 Å². The standard InChI is InChI=1S/C22H20FN5O6/c1-8-13(9(2)33-26-8)15-12-6-11-7-22(19(29)24-21(31)25-20(22)30)18-10(3)32-5-4-28(18)16(11)14(23)17(12)34-27-15/h6,10,18H,4-5,7H2,1-3H3,(H2,24,25,29,30,31)/t10-,18+/m0/s1. The number of ether oxygens (including phenoxy) is 1. The number of benzene rings is 1. The van der Waals surface area contributed by atoms with E-state index in [1.165, 1.54) is 0 Å². The van der Waals surface area contributed by atoms with Crippen molar-refractivity contribution in [3.63, 3.8) is 0 Å². The van der Waals surface area contributed by atoms with Crippen LogP contribution in [0.5, 0.6) is 0 Å². The maximum absolute atomic E-state index is 16.0. The normalized spacial score (nSPS) is 23.6. The number of hydrogen-bond acceptors (Lipinski definition) is 9. The van der Waals surface area contributed by atoms with E-state index in [9.17, 15) is 14.4 Å². The number of fused-ring (bicyclic) bond motifs is 5. The lowest BCUT2D eigenvalue weighted by molar-refractivity contribution is -0.151. The number of anilines is 1. The van der Waals surface area contributed by atoms with Gasteiger partial charge in [-0.25, -0.2) is 9.18 Å². The molecule has 1 spiro atoms. The largest absolute Gasteiger partial charge is 0.374 e. The van der Waals surface area contributed by atoms with Crippen molar-refractivity contribution < 1.29 is 32.6 Å². The van der Waals surface area contributed by atoms with Gasteiger partial charge in [0, 0.05) is 13.0 Å². The Balaban J connectivity index is 1.61. The number of hydrogen-bond donors (Lipinski definition) is 2. The molecular weight excluding hydrogens is 449 g/mol. The predicted molar refractivity (Wildman–Crippen MR) is 113 cm³/mol. The molecule has 6 rings (SSSR count). The Morgan fingerprint density at radius 2 is 1.88 bits per heavy atom. The van der Waals surface area contributed by atoms with Gasteiger partial charge in [0.25, 0.3) is 0 Å². The van der Waals surface area contributed by atoms with Crippen molar-refractivity contribution in [2.45, 2.75) is 39.3 Å². The molecule has 34 heavy (non-hydrogen) atoms. The summed E-state index contributed by atoms with van der Waals surface area (Å²) in [7, 11) is 0. The van der Waals surface area contributed by atoms with Crippen LogP contribution in [0.3, 0.4) is 0 Å². The van der Waals surface area contributed by atoms with Crippen molar-refractivity contribution in [3.05, 3.63) is 28.9 Å². The smallest absolute Gasteiger partial charge is 0.328 e. The number of morpholine rings is 1. The van der Waals surface area contributed by atoms with Crippen LogP contribution in [0.1, 0.15) is 23.9 Å². The highest BCUT2D eigenvalue weighted by Crippen LogP contribution is 2.49. The minimum Gasteiger partial charge on any atom is -0.374 e. The number of nitrogens with one attached hydrogen (secondary N) is 2. The van der Waals surface area contributed by atoms with E-state index >= 15 is 4.39 Å². The molecule has 0 bridgehead atoms. The summed E-state index contributed by atoms with van der Waals surface area (Å²) >= 11 is 0. The van der Waals surface area contributed by atoms with Gasteiger partial charge in [-0.15, -0.1) is 0 Å². The zero-order valence-corrected chi connectivity index (χ0v) is 18.5. The van der Waals surface area contributed by atoms with Gasteiger partial charge in [-0.05, 0) is 32.4 Å². The number of rotatable bonds is 1. The Kier molecular flexibility index (Phi) is 4.19. The summed E-state index contributed by atoms with van der Waals surface area (Å²) < 4.78 is 32.4. The highest BCUT2D eigenvalue weighted by atomic mass is 19.1. The molecule has 2 N–H and O–H groups in total. The van der Waals surface area contributed by atoms with Crippen LogP contribution in [0.2, 0.25) is 0 Å². The molecule has 3 aromatic rings. The van der Waals surface area contributed by atoms with Crippen molar-refractivity contribution in [1.29, 1.82) is 0 Å². The molecule has 0 radical (unpaired) electrons. The molecule has 1 aromatic carbocycles. The van der Waals surface area contributed by atoms with Crippen molar-refractivity contribution >= 4 is 34.5 Å². The van der Waals surface area contributed by atoms with Crippen LogP contribution in [0.15, 0.2) is 15.1 Å². The number of carbonyl (C=O) groups is 3. The second-order valence-electron chi connectivity index (χ2n) is 8.90. The van der Waals surface area contributed by atoms with Gasteiger partial charge in [0.05, 0.1) is 41.1 Å². The highest BCUT2D eigenvalue weighted by molar-refractivity contribution is 6.20. The number of urea groups is 1. The molecule has 0 saturated carbocycles. The van der Waals surface area contributed by atoms with Gasteiger partial charge in [0.2, 0.25) is 17.4 Å². The van der Waals surface area contributed by atoms with Crippen LogP contribution in [0.4, 0.5) is 14.9 Å². The van der Waals surface area contributed by atoms with E-state index < -0.39 is 41.2 Å². The number of amides is 4. The Hall–Kier alpha value is -3.80. The van der Waals surface area contributed by atoms with Crippen LogP contribution >= 0.6 is 0 Å². The van der Waals surface area contributed by atoms with Crippen LogP contribution in [-0.4, -0.2) is 53.5 Å². The second-order valence-corrected chi connectivity index (χ2v) is 8.90. The van der Waals surface area contributed by atoms with Crippen LogP contribution in [0.25, 0.3) is 22.2 Å². The Morgan fingerprint density at radius 3 is 2.56 bits per heavy atom. The number of aryl methyl sites for hydroxylation is 2. The fourth-order valence-corrected chi connectivity index (χ4v) is 5.66. The third-order valence-corrected chi connectivity index (χ3v) is 7.05. The van der Waals surface area contributed by atoms with Gasteiger partial charge in [-0.3, -0.25) is 20.2 Å². The van der Waals surface area contributed by atoms with Gasteiger partial charge in [0.15, 0.2) is 11.2 Å². The van der Waals surface area contributed by atoms with Gasteiger partial charge >= 0.3 is 6.03 Å². The average Bonchev–Trinajstić information content (AvgIpc) is 3.34. The Morgan fingerprint density at radius 1 is 1.15 bits per heavy atom. The maximum Gasteiger partial charge on any atom is 0.328 e. The number of barbiturate groups is 1. The number of carbonyl (C=O) groups excluding carboxylic acids is 3. The Labute approximate surface area is 191 Å². The zero-order valence-electron chi connectivity index (χ0n) is 18.5. The highest BCUT2D eigenvalue weighted by Gasteiger charge is 2.62. The molecule has 3 aliphatic heterocycles. The third-order valence-electron chi connectivity index (χ3n) is 7.05. The molecule has 4 amide bonds. The first kappa shape index (κ1) is 20.8. The summed E-state index contributed by atoms with van der Waals surface area (Å²) in [5.41, 5.74) is 0.418. The lowest BCUT2D eigenvalue weighted by Crippen LogP contribution is -2.74. The fraction of sp³-hybridized carbons (Fsp3) is 0.409. The van der Waals surface area contributed by atoms with Gasteiger partial charge in [0.1, 0.15) is 11.5 Å². The molecule has 0 aliphatic carbocycles. The quantitative estimate of drug-likeness (QED) is 0.510. The van der Waals surface area contributed by atoms with E-state index in [1.54, 1.807) is 31.7 Å². The molecule has 3 aliphatic rings. The summed E-state index contributed by atoms with van der Waals surface area (Å²) in [4.78, 5) is 39.9. The van der Waals surface area contributed by atoms with Crippen LogP contribution in [0, 0.1) is 25.1 Å². The minimum absolute atomic E-state index is 0.0460. The van der Waals surface area contributed by atoms with Gasteiger partial charge in [-0.1, -0.05) is 10.3 Å².